The van der Waals surface area contributed by atoms with Crippen LogP contribution in [-0.2, 0) is 6.42 Å². The maximum atomic E-state index is 13.4. The van der Waals surface area contributed by atoms with Gasteiger partial charge >= 0.3 is 0 Å². The highest BCUT2D eigenvalue weighted by atomic mass is 16.7. The summed E-state index contributed by atoms with van der Waals surface area (Å²) < 4.78 is 10.9. The third-order valence-electron chi connectivity index (χ3n) is 5.53. The van der Waals surface area contributed by atoms with Crippen molar-refractivity contribution in [1.29, 1.82) is 0 Å². The Morgan fingerprint density at radius 2 is 1.76 bits per heavy atom. The lowest BCUT2D eigenvalue weighted by atomic mass is 9.94. The predicted molar refractivity (Wildman–Crippen MR) is 113 cm³/mol. The molecule has 0 aliphatic carbocycles. The maximum Gasteiger partial charge on any atom is 0.262 e. The summed E-state index contributed by atoms with van der Waals surface area (Å²) in [7, 11) is 0. The number of carbonyl (C=O) groups excluding carboxylic acids is 1. The minimum absolute atomic E-state index is 0.0214. The summed E-state index contributed by atoms with van der Waals surface area (Å²) in [6, 6.07) is 23.6. The van der Waals surface area contributed by atoms with Gasteiger partial charge in [-0.1, -0.05) is 43.3 Å². The maximum absolute atomic E-state index is 13.4. The van der Waals surface area contributed by atoms with Crippen LogP contribution < -0.4 is 19.7 Å². The third-order valence-corrected chi connectivity index (χ3v) is 5.53. The van der Waals surface area contributed by atoms with E-state index in [1.165, 1.54) is 0 Å². The van der Waals surface area contributed by atoms with Crippen molar-refractivity contribution in [2.24, 2.45) is 5.92 Å². The molecule has 29 heavy (non-hydrogen) atoms. The summed E-state index contributed by atoms with van der Waals surface area (Å²) in [4.78, 5) is 15.3. The summed E-state index contributed by atoms with van der Waals surface area (Å²) in [5.41, 5.74) is 3.63. The molecule has 3 aromatic carbocycles. The smallest absolute Gasteiger partial charge is 0.262 e. The first-order chi connectivity index (χ1) is 14.2. The minimum Gasteiger partial charge on any atom is -0.454 e. The number of hydrogen-bond donors (Lipinski definition) is 1. The fraction of sp³-hybridized carbons (Fsp3) is 0.208. The van der Waals surface area contributed by atoms with Crippen molar-refractivity contribution < 1.29 is 14.3 Å². The molecule has 0 aromatic heterocycles. The van der Waals surface area contributed by atoms with Crippen LogP contribution in [0, 0.1) is 5.92 Å². The van der Waals surface area contributed by atoms with E-state index in [0.717, 1.165) is 34.9 Å². The largest absolute Gasteiger partial charge is 0.454 e. The number of amides is 1. The first kappa shape index (κ1) is 17.6. The van der Waals surface area contributed by atoms with Crippen molar-refractivity contribution in [3.8, 4) is 11.5 Å². The Labute approximate surface area is 169 Å². The highest BCUT2D eigenvalue weighted by Gasteiger charge is 2.36. The standard InChI is InChI=1S/C24H22N2O3/c1-16(13-17-11-12-21-22(14-17)29-15-28-21)23-25-20-10-6-5-9-19(20)24(27)26(23)18-7-3-2-4-8-18/h2-12,14,16,23,25H,13,15H2,1H3/t16-,23-/m1/s1. The average Bonchev–Trinajstić information content (AvgIpc) is 3.22. The average molecular weight is 386 g/mol. The van der Waals surface area contributed by atoms with Crippen molar-refractivity contribution >= 4 is 17.3 Å². The summed E-state index contributed by atoms with van der Waals surface area (Å²) in [5, 5.41) is 3.60. The Morgan fingerprint density at radius 3 is 2.62 bits per heavy atom. The van der Waals surface area contributed by atoms with Gasteiger partial charge in [-0.15, -0.1) is 0 Å². The minimum atomic E-state index is -0.162. The van der Waals surface area contributed by atoms with Gasteiger partial charge in [0.1, 0.15) is 6.17 Å². The van der Waals surface area contributed by atoms with E-state index in [0.29, 0.717) is 5.56 Å². The van der Waals surface area contributed by atoms with Gasteiger partial charge in [-0.05, 0) is 54.3 Å². The molecule has 1 amide bonds. The monoisotopic (exact) mass is 386 g/mol. The van der Waals surface area contributed by atoms with Crippen LogP contribution in [0.5, 0.6) is 11.5 Å². The number of rotatable bonds is 4. The number of nitrogens with one attached hydrogen (secondary N) is 1. The molecule has 3 aromatic rings. The van der Waals surface area contributed by atoms with Gasteiger partial charge in [-0.2, -0.15) is 0 Å². The fourth-order valence-electron chi connectivity index (χ4n) is 4.09. The van der Waals surface area contributed by atoms with Crippen molar-refractivity contribution in [2.45, 2.75) is 19.5 Å². The molecule has 1 N–H and O–H groups in total. The Hall–Kier alpha value is -3.47. The molecule has 146 valence electrons. The van der Waals surface area contributed by atoms with E-state index in [1.807, 2.05) is 71.6 Å². The Balaban J connectivity index is 1.48. The molecule has 2 aliphatic heterocycles. The molecule has 0 radical (unpaired) electrons. The first-order valence-electron chi connectivity index (χ1n) is 9.83. The van der Waals surface area contributed by atoms with E-state index in [4.69, 9.17) is 9.47 Å². The quantitative estimate of drug-likeness (QED) is 0.707. The van der Waals surface area contributed by atoms with Crippen molar-refractivity contribution in [2.75, 3.05) is 17.0 Å². The molecule has 2 heterocycles. The molecule has 0 spiro atoms. The van der Waals surface area contributed by atoms with Gasteiger partial charge < -0.3 is 14.8 Å². The van der Waals surface area contributed by atoms with E-state index in [-0.39, 0.29) is 24.8 Å². The van der Waals surface area contributed by atoms with Crippen LogP contribution in [0.3, 0.4) is 0 Å². The molecule has 2 atom stereocenters. The molecule has 0 fully saturated rings. The molecule has 0 saturated carbocycles. The Bertz CT molecular complexity index is 1050. The van der Waals surface area contributed by atoms with E-state index in [9.17, 15) is 4.79 Å². The van der Waals surface area contributed by atoms with Gasteiger partial charge in [0, 0.05) is 11.4 Å². The second-order valence-corrected chi connectivity index (χ2v) is 7.51. The molecule has 5 nitrogen and oxygen atoms in total. The van der Waals surface area contributed by atoms with E-state index < -0.39 is 0 Å². The van der Waals surface area contributed by atoms with Crippen LogP contribution in [0.15, 0.2) is 72.8 Å². The second kappa shape index (κ2) is 7.17. The topological polar surface area (TPSA) is 50.8 Å². The predicted octanol–water partition coefficient (Wildman–Crippen LogP) is 4.69. The van der Waals surface area contributed by atoms with Crippen LogP contribution >= 0.6 is 0 Å². The van der Waals surface area contributed by atoms with Gasteiger partial charge in [-0.25, -0.2) is 0 Å². The Morgan fingerprint density at radius 1 is 1.00 bits per heavy atom. The van der Waals surface area contributed by atoms with Crippen LogP contribution in [-0.4, -0.2) is 18.9 Å². The molecular formula is C24H22N2O3. The van der Waals surface area contributed by atoms with Gasteiger partial charge in [0.25, 0.3) is 5.91 Å². The lowest BCUT2D eigenvalue weighted by Gasteiger charge is -2.41. The van der Waals surface area contributed by atoms with E-state index in [1.54, 1.807) is 0 Å². The number of ether oxygens (including phenoxy) is 2. The van der Waals surface area contributed by atoms with Crippen LogP contribution in [0.1, 0.15) is 22.8 Å². The number of anilines is 2. The van der Waals surface area contributed by atoms with Gasteiger partial charge in [0.15, 0.2) is 11.5 Å². The highest BCUT2D eigenvalue weighted by Crippen LogP contribution is 2.36. The molecule has 0 bridgehead atoms. The summed E-state index contributed by atoms with van der Waals surface area (Å²) >= 11 is 0. The second-order valence-electron chi connectivity index (χ2n) is 7.51. The molecule has 0 saturated heterocycles. The van der Waals surface area contributed by atoms with E-state index >= 15 is 0 Å². The highest BCUT2D eigenvalue weighted by molar-refractivity contribution is 6.12. The van der Waals surface area contributed by atoms with Crippen molar-refractivity contribution in [1.82, 2.24) is 0 Å². The van der Waals surface area contributed by atoms with Gasteiger partial charge in [0.05, 0.1) is 5.56 Å². The summed E-state index contributed by atoms with van der Waals surface area (Å²) in [6.45, 7) is 2.44. The molecule has 2 aliphatic rings. The van der Waals surface area contributed by atoms with Crippen molar-refractivity contribution in [3.05, 3.63) is 83.9 Å². The number of hydrogen-bond acceptors (Lipinski definition) is 4. The molecule has 0 unspecified atom stereocenters. The lowest BCUT2D eigenvalue weighted by molar-refractivity contribution is 0.0967. The SMILES string of the molecule is C[C@H](Cc1ccc2c(c1)OCO2)[C@@H]1Nc2ccccc2C(=O)N1c1ccccc1. The number of benzene rings is 3. The summed E-state index contributed by atoms with van der Waals surface area (Å²) in [5.74, 6) is 1.75. The zero-order valence-electron chi connectivity index (χ0n) is 16.2. The molecule has 5 rings (SSSR count). The number of nitrogens with zero attached hydrogens (tertiary/aromatic N) is 1. The normalized spacial score (nSPS) is 18.2. The van der Waals surface area contributed by atoms with Gasteiger partial charge in [0.2, 0.25) is 6.79 Å². The number of para-hydroxylation sites is 2. The third kappa shape index (κ3) is 3.18. The van der Waals surface area contributed by atoms with Crippen LogP contribution in [0.4, 0.5) is 11.4 Å². The Kier molecular flexibility index (Phi) is 4.35. The number of fused-ring (bicyclic) bond motifs is 2. The molecular weight excluding hydrogens is 364 g/mol. The zero-order chi connectivity index (χ0) is 19.8. The van der Waals surface area contributed by atoms with Crippen LogP contribution in [0.25, 0.3) is 0 Å². The van der Waals surface area contributed by atoms with E-state index in [2.05, 4.69) is 18.3 Å². The summed E-state index contributed by atoms with van der Waals surface area (Å²) in [6.07, 6.45) is 0.637. The first-order valence-corrected chi connectivity index (χ1v) is 9.83. The molecule has 5 heteroatoms. The van der Waals surface area contributed by atoms with Crippen molar-refractivity contribution in [3.63, 3.8) is 0 Å². The lowest BCUT2D eigenvalue weighted by Crippen LogP contribution is -2.52. The van der Waals surface area contributed by atoms with Crippen LogP contribution in [0.2, 0.25) is 0 Å². The van der Waals surface area contributed by atoms with Gasteiger partial charge in [-0.3, -0.25) is 9.69 Å². The number of carbonyl (C=O) groups is 1. The fourth-order valence-corrected chi connectivity index (χ4v) is 4.09. The zero-order valence-corrected chi connectivity index (χ0v) is 16.2.